The number of fused-ring (bicyclic) bond motifs is 1. The summed E-state index contributed by atoms with van der Waals surface area (Å²) in [7, 11) is 0. The van der Waals surface area contributed by atoms with Gasteiger partial charge in [-0.1, -0.05) is 12.1 Å². The second-order valence-corrected chi connectivity index (χ2v) is 5.85. The highest BCUT2D eigenvalue weighted by Gasteiger charge is 2.32. The summed E-state index contributed by atoms with van der Waals surface area (Å²) in [4.78, 5) is 29.9. The smallest absolute Gasteiger partial charge is 0.269 e. The average molecular weight is 317 g/mol. The lowest BCUT2D eigenvalue weighted by molar-refractivity contribution is -0.123. The average Bonchev–Trinajstić information content (AvgIpc) is 2.91. The van der Waals surface area contributed by atoms with Crippen LogP contribution in [-0.2, 0) is 9.59 Å². The largest absolute Gasteiger partial charge is 0.476 e. The first-order valence-corrected chi connectivity index (χ1v) is 7.69. The van der Waals surface area contributed by atoms with Crippen molar-refractivity contribution in [3.63, 3.8) is 0 Å². The molecule has 0 unspecified atom stereocenters. The van der Waals surface area contributed by atoms with Crippen molar-refractivity contribution in [3.8, 4) is 5.75 Å². The van der Waals surface area contributed by atoms with Gasteiger partial charge in [-0.3, -0.25) is 14.9 Å². The van der Waals surface area contributed by atoms with Crippen LogP contribution in [-0.4, -0.2) is 29.4 Å². The second kappa shape index (κ2) is 5.76. The molecule has 0 radical (unpaired) electrons. The zero-order valence-corrected chi connectivity index (χ0v) is 13.0. The lowest BCUT2D eigenvalue weighted by Gasteiger charge is -2.33. The number of aromatic nitrogens is 1. The summed E-state index contributed by atoms with van der Waals surface area (Å²) in [5.74, 6) is 0.0909. The van der Waals surface area contributed by atoms with Gasteiger partial charge >= 0.3 is 0 Å². The quantitative estimate of drug-likeness (QED) is 0.922. The van der Waals surface area contributed by atoms with Crippen LogP contribution < -0.4 is 15.0 Å². The Morgan fingerprint density at radius 1 is 1.41 bits per heavy atom. The maximum atomic E-state index is 12.3. The molecular weight excluding hydrogens is 302 g/mol. The Hall–Kier alpha value is -2.41. The van der Waals surface area contributed by atoms with Crippen LogP contribution in [0.2, 0.25) is 0 Å². The van der Waals surface area contributed by atoms with E-state index in [1.54, 1.807) is 17.0 Å². The summed E-state index contributed by atoms with van der Waals surface area (Å²) >= 11 is 1.36. The molecule has 1 aromatic carbocycles. The number of anilines is 2. The van der Waals surface area contributed by atoms with Crippen LogP contribution in [0.1, 0.15) is 12.6 Å². The second-order valence-electron chi connectivity index (χ2n) is 4.99. The maximum absolute atomic E-state index is 12.3. The molecule has 6 nitrogen and oxygen atoms in total. The number of amides is 2. The fraction of sp³-hybridized carbons (Fsp3) is 0.267. The van der Waals surface area contributed by atoms with Crippen LogP contribution >= 0.6 is 11.3 Å². The van der Waals surface area contributed by atoms with Crippen molar-refractivity contribution in [2.75, 3.05) is 16.8 Å². The van der Waals surface area contributed by atoms with E-state index in [9.17, 15) is 9.59 Å². The topological polar surface area (TPSA) is 71.5 Å². The van der Waals surface area contributed by atoms with Crippen LogP contribution in [0.4, 0.5) is 10.8 Å². The number of nitrogens with one attached hydrogen (secondary N) is 1. The lowest BCUT2D eigenvalue weighted by Crippen LogP contribution is -2.48. The summed E-state index contributed by atoms with van der Waals surface area (Å²) in [6.07, 6.45) is -0.761. The number of nitrogens with zero attached hydrogens (tertiary/aromatic N) is 2. The molecule has 0 spiro atoms. The fourth-order valence-corrected chi connectivity index (χ4v) is 2.96. The molecule has 1 aliphatic rings. The third kappa shape index (κ3) is 2.80. The third-order valence-electron chi connectivity index (χ3n) is 3.30. The van der Waals surface area contributed by atoms with Crippen LogP contribution in [0.3, 0.4) is 0 Å². The SMILES string of the molecule is CC(=O)N1C[C@H](C(=O)Nc2nc(C)cs2)Oc2ccccc21. The third-order valence-corrected chi connectivity index (χ3v) is 4.17. The van der Waals surface area contributed by atoms with Crippen LogP contribution in [0.25, 0.3) is 0 Å². The number of para-hydroxylation sites is 2. The molecule has 22 heavy (non-hydrogen) atoms. The molecule has 1 aromatic heterocycles. The van der Waals surface area contributed by atoms with Gasteiger partial charge in [-0.15, -0.1) is 11.3 Å². The number of hydrogen-bond acceptors (Lipinski definition) is 5. The highest BCUT2D eigenvalue weighted by molar-refractivity contribution is 7.13. The lowest BCUT2D eigenvalue weighted by atomic mass is 10.2. The zero-order chi connectivity index (χ0) is 15.7. The Kier molecular flexibility index (Phi) is 3.81. The molecule has 0 bridgehead atoms. The number of hydrogen-bond donors (Lipinski definition) is 1. The van der Waals surface area contributed by atoms with Gasteiger partial charge in [-0.25, -0.2) is 4.98 Å². The molecule has 2 heterocycles. The monoisotopic (exact) mass is 317 g/mol. The highest BCUT2D eigenvalue weighted by Crippen LogP contribution is 2.33. The zero-order valence-electron chi connectivity index (χ0n) is 12.2. The number of ether oxygens (including phenoxy) is 1. The first-order chi connectivity index (χ1) is 10.5. The molecule has 0 aliphatic carbocycles. The van der Waals surface area contributed by atoms with Gasteiger partial charge < -0.3 is 9.64 Å². The molecule has 114 valence electrons. The minimum atomic E-state index is -0.761. The maximum Gasteiger partial charge on any atom is 0.269 e. The van der Waals surface area contributed by atoms with E-state index in [4.69, 9.17) is 4.74 Å². The van der Waals surface area contributed by atoms with E-state index in [-0.39, 0.29) is 18.4 Å². The van der Waals surface area contributed by atoms with E-state index in [0.717, 1.165) is 5.69 Å². The minimum absolute atomic E-state index is 0.126. The van der Waals surface area contributed by atoms with E-state index in [1.807, 2.05) is 24.4 Å². The van der Waals surface area contributed by atoms with Gasteiger partial charge in [-0.2, -0.15) is 0 Å². The van der Waals surface area contributed by atoms with E-state index < -0.39 is 6.10 Å². The fourth-order valence-electron chi connectivity index (χ4n) is 2.27. The van der Waals surface area contributed by atoms with Crippen molar-refractivity contribution in [3.05, 3.63) is 35.3 Å². The Bertz CT molecular complexity index is 728. The van der Waals surface area contributed by atoms with Gasteiger partial charge in [-0.05, 0) is 19.1 Å². The highest BCUT2D eigenvalue weighted by atomic mass is 32.1. The van der Waals surface area contributed by atoms with Crippen LogP contribution in [0.15, 0.2) is 29.6 Å². The van der Waals surface area contributed by atoms with Gasteiger partial charge in [0.15, 0.2) is 11.2 Å². The summed E-state index contributed by atoms with van der Waals surface area (Å²) < 4.78 is 5.72. The molecule has 1 atom stereocenters. The summed E-state index contributed by atoms with van der Waals surface area (Å²) in [5, 5.41) is 5.11. The van der Waals surface area contributed by atoms with Crippen LogP contribution in [0.5, 0.6) is 5.75 Å². The normalized spacial score (nSPS) is 16.6. The molecule has 2 aromatic rings. The molecule has 0 saturated carbocycles. The van der Waals surface area contributed by atoms with Crippen molar-refractivity contribution in [1.29, 1.82) is 0 Å². The van der Waals surface area contributed by atoms with Gasteiger partial charge in [0, 0.05) is 12.3 Å². The van der Waals surface area contributed by atoms with Crippen molar-refractivity contribution in [1.82, 2.24) is 4.98 Å². The Morgan fingerprint density at radius 3 is 2.86 bits per heavy atom. The number of benzene rings is 1. The molecule has 7 heteroatoms. The molecular formula is C15H15N3O3S. The van der Waals surface area contributed by atoms with E-state index in [1.165, 1.54) is 18.3 Å². The first kappa shape index (κ1) is 14.5. The van der Waals surface area contributed by atoms with Crippen molar-refractivity contribution in [2.24, 2.45) is 0 Å². The Morgan fingerprint density at radius 2 is 2.18 bits per heavy atom. The van der Waals surface area contributed by atoms with Gasteiger partial charge in [0.2, 0.25) is 5.91 Å². The molecule has 1 aliphatic heterocycles. The predicted octanol–water partition coefficient (Wildman–Crippen LogP) is 2.20. The Labute approximate surface area is 131 Å². The van der Waals surface area contributed by atoms with Gasteiger partial charge in [0.05, 0.1) is 17.9 Å². The molecule has 2 amide bonds. The van der Waals surface area contributed by atoms with Crippen molar-refractivity contribution >= 4 is 34.0 Å². The van der Waals surface area contributed by atoms with Gasteiger partial charge in [0.1, 0.15) is 5.75 Å². The number of carbonyl (C=O) groups excluding carboxylic acids is 2. The first-order valence-electron chi connectivity index (χ1n) is 6.81. The van der Waals surface area contributed by atoms with E-state index >= 15 is 0 Å². The number of carbonyl (C=O) groups is 2. The number of aryl methyl sites for hydroxylation is 1. The van der Waals surface area contributed by atoms with Crippen molar-refractivity contribution in [2.45, 2.75) is 20.0 Å². The molecule has 1 N–H and O–H groups in total. The standard InChI is InChI=1S/C15H15N3O3S/c1-9-8-22-15(16-9)17-14(20)13-7-18(10(2)19)11-5-3-4-6-12(11)21-13/h3-6,8,13H,7H2,1-2H3,(H,16,17,20)/t13-/m1/s1. The summed E-state index contributed by atoms with van der Waals surface area (Å²) in [6, 6.07) is 7.19. The Balaban J connectivity index is 1.81. The van der Waals surface area contributed by atoms with E-state index in [2.05, 4.69) is 10.3 Å². The molecule has 0 fully saturated rings. The van der Waals surface area contributed by atoms with Gasteiger partial charge in [0.25, 0.3) is 5.91 Å². The minimum Gasteiger partial charge on any atom is -0.476 e. The summed E-state index contributed by atoms with van der Waals surface area (Å²) in [6.45, 7) is 3.51. The van der Waals surface area contributed by atoms with Crippen molar-refractivity contribution < 1.29 is 14.3 Å². The summed E-state index contributed by atoms with van der Waals surface area (Å²) in [5.41, 5.74) is 1.53. The van der Waals surface area contributed by atoms with Crippen LogP contribution in [0, 0.1) is 6.92 Å². The molecule has 3 rings (SSSR count). The molecule has 0 saturated heterocycles. The number of rotatable bonds is 2. The number of thiazole rings is 1. The predicted molar refractivity (Wildman–Crippen MR) is 84.4 cm³/mol. The van der Waals surface area contributed by atoms with E-state index in [0.29, 0.717) is 16.6 Å².